The SMILES string of the molecule is CSCC(C)(O)CNC(=O)COc1ccccc1C. The van der Waals surface area contributed by atoms with Crippen LogP contribution in [0.1, 0.15) is 12.5 Å². The number of aryl methyl sites for hydroxylation is 1. The summed E-state index contributed by atoms with van der Waals surface area (Å²) in [5, 5.41) is 12.6. The number of carbonyl (C=O) groups is 1. The van der Waals surface area contributed by atoms with E-state index >= 15 is 0 Å². The normalized spacial score (nSPS) is 13.7. The van der Waals surface area contributed by atoms with E-state index in [4.69, 9.17) is 4.74 Å². The second kappa shape index (κ2) is 7.40. The van der Waals surface area contributed by atoms with E-state index in [0.717, 1.165) is 5.56 Å². The molecule has 0 aliphatic carbocycles. The second-order valence-electron chi connectivity index (χ2n) is 4.76. The molecule has 1 unspecified atom stereocenters. The van der Waals surface area contributed by atoms with Gasteiger partial charge in [0.15, 0.2) is 6.61 Å². The van der Waals surface area contributed by atoms with Crippen LogP contribution in [0.15, 0.2) is 24.3 Å². The third-order valence-electron chi connectivity index (χ3n) is 2.57. The molecule has 0 fully saturated rings. The number of rotatable bonds is 7. The minimum atomic E-state index is -0.891. The van der Waals surface area contributed by atoms with E-state index in [1.807, 2.05) is 37.4 Å². The van der Waals surface area contributed by atoms with Gasteiger partial charge in [0.2, 0.25) is 0 Å². The predicted molar refractivity (Wildman–Crippen MR) is 78.7 cm³/mol. The van der Waals surface area contributed by atoms with Gasteiger partial charge in [0.1, 0.15) is 5.75 Å². The van der Waals surface area contributed by atoms with Crippen LogP contribution in [0, 0.1) is 6.92 Å². The Balaban J connectivity index is 2.35. The molecule has 1 aromatic carbocycles. The molecule has 1 amide bonds. The summed E-state index contributed by atoms with van der Waals surface area (Å²) in [5.74, 6) is 1.05. The lowest BCUT2D eigenvalue weighted by atomic mass is 10.1. The van der Waals surface area contributed by atoms with E-state index in [9.17, 15) is 9.90 Å². The molecule has 0 saturated heterocycles. The highest BCUT2D eigenvalue weighted by atomic mass is 32.2. The molecule has 1 atom stereocenters. The Morgan fingerprint density at radius 1 is 1.47 bits per heavy atom. The smallest absolute Gasteiger partial charge is 0.258 e. The van der Waals surface area contributed by atoms with Crippen molar-refractivity contribution in [3.8, 4) is 5.75 Å². The maximum absolute atomic E-state index is 11.6. The van der Waals surface area contributed by atoms with Crippen molar-refractivity contribution < 1.29 is 14.6 Å². The first-order valence-electron chi connectivity index (χ1n) is 6.11. The Labute approximate surface area is 118 Å². The maximum atomic E-state index is 11.6. The third kappa shape index (κ3) is 5.98. The Morgan fingerprint density at radius 2 is 2.16 bits per heavy atom. The second-order valence-corrected chi connectivity index (χ2v) is 5.63. The Hall–Kier alpha value is -1.20. The third-order valence-corrected chi connectivity index (χ3v) is 3.48. The van der Waals surface area contributed by atoms with Gasteiger partial charge in [0.25, 0.3) is 5.91 Å². The summed E-state index contributed by atoms with van der Waals surface area (Å²) in [5.41, 5.74) is 0.0993. The van der Waals surface area contributed by atoms with Gasteiger partial charge in [-0.1, -0.05) is 18.2 Å². The van der Waals surface area contributed by atoms with E-state index in [1.54, 1.807) is 6.92 Å². The first-order valence-corrected chi connectivity index (χ1v) is 7.50. The number of amides is 1. The summed E-state index contributed by atoms with van der Waals surface area (Å²) < 4.78 is 5.42. The molecular formula is C14H21NO3S. The van der Waals surface area contributed by atoms with Crippen molar-refractivity contribution in [3.63, 3.8) is 0 Å². The van der Waals surface area contributed by atoms with E-state index < -0.39 is 5.60 Å². The van der Waals surface area contributed by atoms with Crippen LogP contribution in [0.5, 0.6) is 5.75 Å². The van der Waals surface area contributed by atoms with Crippen molar-refractivity contribution >= 4 is 17.7 Å². The summed E-state index contributed by atoms with van der Waals surface area (Å²) in [6.45, 7) is 3.81. The molecule has 0 bridgehead atoms. The van der Waals surface area contributed by atoms with E-state index in [2.05, 4.69) is 5.32 Å². The predicted octanol–water partition coefficient (Wildman–Crippen LogP) is 1.60. The minimum Gasteiger partial charge on any atom is -0.484 e. The fourth-order valence-corrected chi connectivity index (χ4v) is 2.29. The maximum Gasteiger partial charge on any atom is 0.258 e. The van der Waals surface area contributed by atoms with Crippen molar-refractivity contribution in [2.75, 3.05) is 25.2 Å². The lowest BCUT2D eigenvalue weighted by molar-refractivity contribution is -0.124. The molecule has 4 nitrogen and oxygen atoms in total. The first kappa shape index (κ1) is 15.9. The fourth-order valence-electron chi connectivity index (χ4n) is 1.56. The van der Waals surface area contributed by atoms with Crippen molar-refractivity contribution in [1.29, 1.82) is 0 Å². The molecule has 106 valence electrons. The van der Waals surface area contributed by atoms with Crippen molar-refractivity contribution in [2.24, 2.45) is 0 Å². The van der Waals surface area contributed by atoms with Crippen LogP contribution >= 0.6 is 11.8 Å². The van der Waals surface area contributed by atoms with E-state index in [0.29, 0.717) is 11.5 Å². The number of carbonyl (C=O) groups excluding carboxylic acids is 1. The molecular weight excluding hydrogens is 262 g/mol. The van der Waals surface area contributed by atoms with Gasteiger partial charge in [0, 0.05) is 12.3 Å². The molecule has 2 N–H and O–H groups in total. The van der Waals surface area contributed by atoms with Gasteiger partial charge in [0.05, 0.1) is 5.60 Å². The van der Waals surface area contributed by atoms with Crippen LogP contribution in [0.25, 0.3) is 0 Å². The molecule has 0 aliphatic rings. The molecule has 0 spiro atoms. The van der Waals surface area contributed by atoms with E-state index in [-0.39, 0.29) is 19.1 Å². The van der Waals surface area contributed by atoms with Crippen LogP contribution in [0.3, 0.4) is 0 Å². The Morgan fingerprint density at radius 3 is 2.79 bits per heavy atom. The largest absolute Gasteiger partial charge is 0.484 e. The van der Waals surface area contributed by atoms with Crippen LogP contribution in [-0.4, -0.2) is 41.8 Å². The molecule has 1 rings (SSSR count). The van der Waals surface area contributed by atoms with E-state index in [1.165, 1.54) is 11.8 Å². The summed E-state index contributed by atoms with van der Waals surface area (Å²) in [6, 6.07) is 7.54. The van der Waals surface area contributed by atoms with Crippen LogP contribution in [-0.2, 0) is 4.79 Å². The lowest BCUT2D eigenvalue weighted by Crippen LogP contribution is -2.43. The van der Waals surface area contributed by atoms with Crippen LogP contribution in [0.2, 0.25) is 0 Å². The topological polar surface area (TPSA) is 58.6 Å². The van der Waals surface area contributed by atoms with Gasteiger partial charge in [-0.15, -0.1) is 0 Å². The monoisotopic (exact) mass is 283 g/mol. The Bertz CT molecular complexity index is 421. The fraction of sp³-hybridized carbons (Fsp3) is 0.500. The zero-order chi connectivity index (χ0) is 14.3. The van der Waals surface area contributed by atoms with Gasteiger partial charge in [-0.3, -0.25) is 4.79 Å². The molecule has 0 aromatic heterocycles. The lowest BCUT2D eigenvalue weighted by Gasteiger charge is -2.22. The highest BCUT2D eigenvalue weighted by Crippen LogP contribution is 2.15. The molecule has 19 heavy (non-hydrogen) atoms. The highest BCUT2D eigenvalue weighted by Gasteiger charge is 2.20. The number of nitrogens with one attached hydrogen (secondary N) is 1. The molecule has 0 radical (unpaired) electrons. The number of aliphatic hydroxyl groups is 1. The van der Waals surface area contributed by atoms with Gasteiger partial charge in [-0.2, -0.15) is 11.8 Å². The van der Waals surface area contributed by atoms with Crippen molar-refractivity contribution in [1.82, 2.24) is 5.32 Å². The number of para-hydroxylation sites is 1. The number of benzene rings is 1. The van der Waals surface area contributed by atoms with Gasteiger partial charge < -0.3 is 15.2 Å². The average Bonchev–Trinajstić information content (AvgIpc) is 2.35. The number of thioether (sulfide) groups is 1. The average molecular weight is 283 g/mol. The standard InChI is InChI=1S/C14H21NO3S/c1-11-6-4-5-7-12(11)18-8-13(16)15-9-14(2,17)10-19-3/h4-7,17H,8-10H2,1-3H3,(H,15,16). The quantitative estimate of drug-likeness (QED) is 0.798. The summed E-state index contributed by atoms with van der Waals surface area (Å²) in [7, 11) is 0. The van der Waals surface area contributed by atoms with Gasteiger partial charge in [-0.25, -0.2) is 0 Å². The van der Waals surface area contributed by atoms with Gasteiger partial charge >= 0.3 is 0 Å². The minimum absolute atomic E-state index is 0.0415. The zero-order valence-electron chi connectivity index (χ0n) is 11.6. The Kier molecular flexibility index (Phi) is 6.18. The molecule has 0 aliphatic heterocycles. The van der Waals surface area contributed by atoms with Gasteiger partial charge in [-0.05, 0) is 31.7 Å². The zero-order valence-corrected chi connectivity index (χ0v) is 12.4. The molecule has 0 saturated carbocycles. The first-order chi connectivity index (χ1) is 8.94. The number of hydrogen-bond acceptors (Lipinski definition) is 4. The van der Waals surface area contributed by atoms with Crippen molar-refractivity contribution in [3.05, 3.63) is 29.8 Å². The van der Waals surface area contributed by atoms with Crippen LogP contribution in [0.4, 0.5) is 0 Å². The molecule has 5 heteroatoms. The summed E-state index contributed by atoms with van der Waals surface area (Å²) in [6.07, 6.45) is 1.91. The summed E-state index contributed by atoms with van der Waals surface area (Å²) >= 11 is 1.54. The highest BCUT2D eigenvalue weighted by molar-refractivity contribution is 7.98. The number of hydrogen-bond donors (Lipinski definition) is 2. The summed E-state index contributed by atoms with van der Waals surface area (Å²) in [4.78, 5) is 11.6. The number of ether oxygens (including phenoxy) is 1. The van der Waals surface area contributed by atoms with Crippen LogP contribution < -0.4 is 10.1 Å². The molecule has 1 aromatic rings. The molecule has 0 heterocycles. The van der Waals surface area contributed by atoms with Crippen molar-refractivity contribution in [2.45, 2.75) is 19.4 Å².